The third kappa shape index (κ3) is 2.41. The summed E-state index contributed by atoms with van der Waals surface area (Å²) in [7, 11) is 1.84. The number of pyridine rings is 1. The minimum absolute atomic E-state index is 0.0919. The van der Waals surface area contributed by atoms with Gasteiger partial charge in [-0.3, -0.25) is 4.98 Å². The summed E-state index contributed by atoms with van der Waals surface area (Å²) in [6, 6.07) is 1.40. The molecule has 0 saturated heterocycles. The van der Waals surface area contributed by atoms with Crippen LogP contribution < -0.4 is 4.74 Å². The smallest absolute Gasteiger partial charge is 0.339 e. The van der Waals surface area contributed by atoms with E-state index in [0.717, 1.165) is 0 Å². The van der Waals surface area contributed by atoms with Crippen LogP contribution in [0, 0.1) is 0 Å². The predicted octanol–water partition coefficient (Wildman–Crippen LogP) is 1.09. The second-order valence-corrected chi connectivity index (χ2v) is 3.42. The fourth-order valence-corrected chi connectivity index (χ4v) is 1.35. The summed E-state index contributed by atoms with van der Waals surface area (Å²) in [5.74, 6) is -0.0876. The molecule has 0 aliphatic heterocycles. The third-order valence-electron chi connectivity index (χ3n) is 2.29. The van der Waals surface area contributed by atoms with Crippen LogP contribution in [0.25, 0.3) is 0 Å². The average molecular weight is 233 g/mol. The van der Waals surface area contributed by atoms with E-state index in [0.29, 0.717) is 5.82 Å². The van der Waals surface area contributed by atoms with Crippen LogP contribution in [0.3, 0.4) is 0 Å². The molecule has 2 heterocycles. The Morgan fingerprint density at radius 3 is 3.00 bits per heavy atom. The lowest BCUT2D eigenvalue weighted by molar-refractivity contribution is 0.0691. The second kappa shape index (κ2) is 4.65. The minimum atomic E-state index is -1.04. The van der Waals surface area contributed by atoms with E-state index in [4.69, 9.17) is 9.84 Å². The van der Waals surface area contributed by atoms with Crippen LogP contribution in [-0.2, 0) is 13.7 Å². The van der Waals surface area contributed by atoms with Gasteiger partial charge in [-0.25, -0.2) is 9.78 Å². The molecule has 0 unspecified atom stereocenters. The Hall–Kier alpha value is -2.37. The molecule has 88 valence electrons. The van der Waals surface area contributed by atoms with Gasteiger partial charge in [-0.05, 0) is 6.07 Å². The Labute approximate surface area is 97.5 Å². The zero-order chi connectivity index (χ0) is 12.3. The van der Waals surface area contributed by atoms with Crippen LogP contribution in [0.15, 0.2) is 30.9 Å². The van der Waals surface area contributed by atoms with Crippen molar-refractivity contribution in [2.24, 2.45) is 7.05 Å². The standard InChI is InChI=1S/C11H11N3O3/c1-14-5-4-13-10(14)7-17-9-6-12-3-2-8(9)11(15)16/h2-6H,7H2,1H3,(H,15,16). The fourth-order valence-electron chi connectivity index (χ4n) is 1.35. The first-order chi connectivity index (χ1) is 8.18. The maximum absolute atomic E-state index is 10.9. The summed E-state index contributed by atoms with van der Waals surface area (Å²) in [6.07, 6.45) is 6.24. The van der Waals surface area contributed by atoms with Crippen molar-refractivity contribution < 1.29 is 14.6 Å². The van der Waals surface area contributed by atoms with Crippen LogP contribution >= 0.6 is 0 Å². The van der Waals surface area contributed by atoms with Crippen molar-refractivity contribution in [1.29, 1.82) is 0 Å². The second-order valence-electron chi connectivity index (χ2n) is 3.42. The Balaban J connectivity index is 2.14. The highest BCUT2D eigenvalue weighted by Gasteiger charge is 2.11. The molecular formula is C11H11N3O3. The van der Waals surface area contributed by atoms with E-state index < -0.39 is 5.97 Å². The Kier molecular flexibility index (Phi) is 3.04. The first-order valence-electron chi connectivity index (χ1n) is 4.95. The Bertz CT molecular complexity index is 536. The summed E-state index contributed by atoms with van der Waals surface area (Å²) in [5, 5.41) is 8.95. The van der Waals surface area contributed by atoms with Crippen molar-refractivity contribution in [2.75, 3.05) is 0 Å². The van der Waals surface area contributed by atoms with Crippen molar-refractivity contribution in [1.82, 2.24) is 14.5 Å². The molecule has 0 aliphatic carbocycles. The maximum Gasteiger partial charge on any atom is 0.339 e. The molecule has 6 nitrogen and oxygen atoms in total. The summed E-state index contributed by atoms with van der Waals surface area (Å²) in [6.45, 7) is 0.204. The first kappa shape index (κ1) is 11.1. The summed E-state index contributed by atoms with van der Waals surface area (Å²) < 4.78 is 7.20. The molecule has 0 aromatic carbocycles. The van der Waals surface area contributed by atoms with Crippen LogP contribution in [0.4, 0.5) is 0 Å². The number of hydrogen-bond donors (Lipinski definition) is 1. The van der Waals surface area contributed by atoms with Crippen molar-refractivity contribution in [2.45, 2.75) is 6.61 Å². The molecule has 0 fully saturated rings. The highest BCUT2D eigenvalue weighted by atomic mass is 16.5. The van der Waals surface area contributed by atoms with Gasteiger partial charge < -0.3 is 14.4 Å². The number of hydrogen-bond acceptors (Lipinski definition) is 4. The quantitative estimate of drug-likeness (QED) is 0.855. The van der Waals surface area contributed by atoms with E-state index in [9.17, 15) is 4.79 Å². The fraction of sp³-hybridized carbons (Fsp3) is 0.182. The number of carboxylic acids is 1. The van der Waals surface area contributed by atoms with E-state index in [1.165, 1.54) is 18.5 Å². The minimum Gasteiger partial charge on any atom is -0.483 e. The van der Waals surface area contributed by atoms with Gasteiger partial charge in [0.25, 0.3) is 0 Å². The van der Waals surface area contributed by atoms with Gasteiger partial charge in [0.1, 0.15) is 18.0 Å². The number of aromatic carboxylic acids is 1. The van der Waals surface area contributed by atoms with Gasteiger partial charge in [0.15, 0.2) is 5.75 Å². The summed E-state index contributed by atoms with van der Waals surface area (Å²) in [5.41, 5.74) is 0.0919. The van der Waals surface area contributed by atoms with Crippen molar-refractivity contribution in [3.63, 3.8) is 0 Å². The zero-order valence-corrected chi connectivity index (χ0v) is 9.20. The molecule has 2 aromatic heterocycles. The third-order valence-corrected chi connectivity index (χ3v) is 2.29. The molecular weight excluding hydrogens is 222 g/mol. The number of carbonyl (C=O) groups is 1. The van der Waals surface area contributed by atoms with Crippen LogP contribution in [0.2, 0.25) is 0 Å². The molecule has 6 heteroatoms. The number of rotatable bonds is 4. The van der Waals surface area contributed by atoms with Gasteiger partial charge in [-0.1, -0.05) is 0 Å². The molecule has 2 aromatic rings. The van der Waals surface area contributed by atoms with Crippen LogP contribution in [-0.4, -0.2) is 25.6 Å². The number of imidazole rings is 1. The van der Waals surface area contributed by atoms with Crippen LogP contribution in [0.5, 0.6) is 5.75 Å². The van der Waals surface area contributed by atoms with Gasteiger partial charge in [0.05, 0.1) is 6.20 Å². The van der Waals surface area contributed by atoms with Gasteiger partial charge in [0, 0.05) is 25.6 Å². The van der Waals surface area contributed by atoms with Crippen molar-refractivity contribution >= 4 is 5.97 Å². The number of carboxylic acid groups (broad SMARTS) is 1. The van der Waals surface area contributed by atoms with E-state index in [1.54, 1.807) is 17.0 Å². The lowest BCUT2D eigenvalue weighted by atomic mass is 10.2. The highest BCUT2D eigenvalue weighted by Crippen LogP contribution is 2.17. The highest BCUT2D eigenvalue weighted by molar-refractivity contribution is 5.90. The number of ether oxygens (including phenoxy) is 1. The van der Waals surface area contributed by atoms with Gasteiger partial charge >= 0.3 is 5.97 Å². The molecule has 0 bridgehead atoms. The molecule has 0 radical (unpaired) electrons. The topological polar surface area (TPSA) is 77.2 Å². The number of aryl methyl sites for hydroxylation is 1. The van der Waals surface area contributed by atoms with Crippen molar-refractivity contribution in [3.8, 4) is 5.75 Å². The zero-order valence-electron chi connectivity index (χ0n) is 9.20. The van der Waals surface area contributed by atoms with Gasteiger partial charge in [-0.2, -0.15) is 0 Å². The lowest BCUT2D eigenvalue weighted by Gasteiger charge is -2.07. The molecule has 2 rings (SSSR count). The Morgan fingerprint density at radius 1 is 1.53 bits per heavy atom. The van der Waals surface area contributed by atoms with E-state index in [2.05, 4.69) is 9.97 Å². The van der Waals surface area contributed by atoms with E-state index in [-0.39, 0.29) is 17.9 Å². The first-order valence-corrected chi connectivity index (χ1v) is 4.95. The SMILES string of the molecule is Cn1ccnc1COc1cnccc1C(=O)O. The molecule has 0 atom stereocenters. The summed E-state index contributed by atoms with van der Waals surface area (Å²) in [4.78, 5) is 18.8. The predicted molar refractivity (Wildman–Crippen MR) is 58.7 cm³/mol. The molecule has 0 saturated carbocycles. The molecule has 0 aliphatic rings. The normalized spacial score (nSPS) is 10.2. The molecule has 17 heavy (non-hydrogen) atoms. The molecule has 0 amide bonds. The van der Waals surface area contributed by atoms with E-state index in [1.807, 2.05) is 7.05 Å². The van der Waals surface area contributed by atoms with Crippen molar-refractivity contribution in [3.05, 3.63) is 42.2 Å². The number of nitrogens with zero attached hydrogens (tertiary/aromatic N) is 3. The number of aromatic nitrogens is 3. The average Bonchev–Trinajstić information content (AvgIpc) is 2.72. The molecule has 0 spiro atoms. The van der Waals surface area contributed by atoms with Crippen LogP contribution in [0.1, 0.15) is 16.2 Å². The maximum atomic E-state index is 10.9. The summed E-state index contributed by atoms with van der Waals surface area (Å²) >= 11 is 0. The van der Waals surface area contributed by atoms with E-state index >= 15 is 0 Å². The van der Waals surface area contributed by atoms with Gasteiger partial charge in [-0.15, -0.1) is 0 Å². The Morgan fingerprint density at radius 2 is 2.35 bits per heavy atom. The monoisotopic (exact) mass is 233 g/mol. The molecule has 1 N–H and O–H groups in total. The lowest BCUT2D eigenvalue weighted by Crippen LogP contribution is -2.07. The largest absolute Gasteiger partial charge is 0.483 e. The van der Waals surface area contributed by atoms with Gasteiger partial charge in [0.2, 0.25) is 0 Å².